The first-order chi connectivity index (χ1) is 25.6. The molecule has 6 aromatic carbocycles. The fourth-order valence-electron chi connectivity index (χ4n) is 6.12. The molecular formula is C44H38O7S. The van der Waals surface area contributed by atoms with Gasteiger partial charge in [-0.2, -0.15) is 0 Å². The van der Waals surface area contributed by atoms with E-state index in [9.17, 15) is 9.59 Å². The Bertz CT molecular complexity index is 2040. The summed E-state index contributed by atoms with van der Waals surface area (Å²) in [6.07, 6.45) is -3.43. The Hall–Kier alpha value is -5.25. The molecule has 5 atom stereocenters. The van der Waals surface area contributed by atoms with E-state index in [4.69, 9.17) is 23.7 Å². The van der Waals surface area contributed by atoms with Crippen LogP contribution in [0.25, 0.3) is 10.8 Å². The van der Waals surface area contributed by atoms with E-state index in [2.05, 4.69) is 24.3 Å². The lowest BCUT2D eigenvalue weighted by atomic mass is 9.98. The number of hydrogen-bond acceptors (Lipinski definition) is 8. The van der Waals surface area contributed by atoms with E-state index in [0.29, 0.717) is 11.1 Å². The Morgan fingerprint density at radius 3 is 1.79 bits per heavy atom. The van der Waals surface area contributed by atoms with E-state index in [1.165, 1.54) is 11.8 Å². The van der Waals surface area contributed by atoms with Gasteiger partial charge in [0.15, 0.2) is 6.10 Å². The summed E-state index contributed by atoms with van der Waals surface area (Å²) < 4.78 is 32.5. The average molecular weight is 711 g/mol. The predicted octanol–water partition coefficient (Wildman–Crippen LogP) is 8.91. The lowest BCUT2D eigenvalue weighted by molar-refractivity contribution is -0.237. The molecule has 7 rings (SSSR count). The van der Waals surface area contributed by atoms with Crippen molar-refractivity contribution in [2.75, 3.05) is 6.61 Å². The molecule has 0 spiro atoms. The Balaban J connectivity index is 1.25. The summed E-state index contributed by atoms with van der Waals surface area (Å²) in [6, 6.07) is 51.6. The van der Waals surface area contributed by atoms with Gasteiger partial charge in [0.05, 0.1) is 24.3 Å². The second-order valence-electron chi connectivity index (χ2n) is 12.4. The van der Waals surface area contributed by atoms with Crippen molar-refractivity contribution in [1.29, 1.82) is 0 Å². The van der Waals surface area contributed by atoms with Crippen molar-refractivity contribution in [3.8, 4) is 0 Å². The largest absolute Gasteiger partial charge is 0.459 e. The zero-order chi connectivity index (χ0) is 35.5. The molecule has 8 heteroatoms. The number of carbonyl (C=O) groups excluding carboxylic acids is 2. The third kappa shape index (κ3) is 8.96. The molecule has 1 heterocycles. The predicted molar refractivity (Wildman–Crippen MR) is 201 cm³/mol. The van der Waals surface area contributed by atoms with Gasteiger partial charge in [-0.1, -0.05) is 133 Å². The minimum atomic E-state index is -1.01. The van der Waals surface area contributed by atoms with Crippen LogP contribution >= 0.6 is 11.8 Å². The number of benzene rings is 6. The standard InChI is InChI=1S/C44H38O7S/c45-42(34-18-7-2-8-19-34)49-30-38-39(51-43(46)35-20-9-3-10-21-35)40(47-29-32-25-26-33-17-13-14-22-36(33)27-32)41(48-28-31-15-5-1-6-16-31)44(50-38)52-37-23-11-4-12-24-37/h1-27,38-41,44H,28-30H2/t38?,39-,40?,41?,44-/m0/s1. The van der Waals surface area contributed by atoms with Gasteiger partial charge < -0.3 is 23.7 Å². The maximum Gasteiger partial charge on any atom is 0.338 e. The second kappa shape index (κ2) is 17.3. The van der Waals surface area contributed by atoms with E-state index in [1.807, 2.05) is 91.0 Å². The van der Waals surface area contributed by atoms with Gasteiger partial charge in [0.1, 0.15) is 30.4 Å². The minimum Gasteiger partial charge on any atom is -0.459 e. The zero-order valence-corrected chi connectivity index (χ0v) is 29.2. The minimum absolute atomic E-state index is 0.187. The van der Waals surface area contributed by atoms with Gasteiger partial charge in [0.25, 0.3) is 0 Å². The number of fused-ring (bicyclic) bond motifs is 1. The van der Waals surface area contributed by atoms with Crippen molar-refractivity contribution < 1.29 is 33.3 Å². The van der Waals surface area contributed by atoms with Crippen molar-refractivity contribution in [2.24, 2.45) is 0 Å². The summed E-state index contributed by atoms with van der Waals surface area (Å²) in [5, 5.41) is 2.21. The SMILES string of the molecule is O=C(OCC1O[C@@H](Sc2ccccc2)C(OCc2ccccc2)C(OCc2ccc3ccccc3c2)[C@H]1OC(=O)c1ccccc1)c1ccccc1. The third-order valence-corrected chi connectivity index (χ3v) is 9.93. The Labute approximate surface area is 307 Å². The molecule has 3 unspecified atom stereocenters. The van der Waals surface area contributed by atoms with E-state index in [1.54, 1.807) is 48.5 Å². The van der Waals surface area contributed by atoms with Gasteiger partial charge in [-0.3, -0.25) is 0 Å². The highest BCUT2D eigenvalue weighted by Gasteiger charge is 2.50. The molecule has 1 aliphatic heterocycles. The highest BCUT2D eigenvalue weighted by atomic mass is 32.2. The monoisotopic (exact) mass is 710 g/mol. The normalized spacial score (nSPS) is 19.9. The van der Waals surface area contributed by atoms with Crippen LogP contribution in [0.3, 0.4) is 0 Å². The molecule has 1 aliphatic rings. The first kappa shape index (κ1) is 35.2. The van der Waals surface area contributed by atoms with Gasteiger partial charge in [-0.25, -0.2) is 9.59 Å². The molecule has 1 fully saturated rings. The van der Waals surface area contributed by atoms with Crippen molar-refractivity contribution in [2.45, 2.75) is 48.0 Å². The Kier molecular flexibility index (Phi) is 11.7. The van der Waals surface area contributed by atoms with Crippen LogP contribution in [0, 0.1) is 0 Å². The maximum atomic E-state index is 13.8. The van der Waals surface area contributed by atoms with Crippen LogP contribution in [0.2, 0.25) is 0 Å². The molecule has 6 aromatic rings. The van der Waals surface area contributed by atoms with Crippen LogP contribution in [0.5, 0.6) is 0 Å². The average Bonchev–Trinajstić information content (AvgIpc) is 3.20. The first-order valence-corrected chi connectivity index (χ1v) is 18.1. The molecular weight excluding hydrogens is 673 g/mol. The molecule has 7 nitrogen and oxygen atoms in total. The van der Waals surface area contributed by atoms with E-state index >= 15 is 0 Å². The topological polar surface area (TPSA) is 80.3 Å². The van der Waals surface area contributed by atoms with Crippen LogP contribution in [0.1, 0.15) is 31.8 Å². The fourth-order valence-corrected chi connectivity index (χ4v) is 7.27. The zero-order valence-electron chi connectivity index (χ0n) is 28.4. The lowest BCUT2D eigenvalue weighted by Crippen LogP contribution is -2.61. The Morgan fingerprint density at radius 2 is 1.10 bits per heavy atom. The maximum absolute atomic E-state index is 13.8. The van der Waals surface area contributed by atoms with E-state index in [0.717, 1.165) is 26.8 Å². The van der Waals surface area contributed by atoms with Crippen molar-refractivity contribution in [1.82, 2.24) is 0 Å². The summed E-state index contributed by atoms with van der Waals surface area (Å²) in [6.45, 7) is 0.288. The summed E-state index contributed by atoms with van der Waals surface area (Å²) >= 11 is 1.48. The lowest BCUT2D eigenvalue weighted by Gasteiger charge is -2.45. The van der Waals surface area contributed by atoms with Gasteiger partial charge >= 0.3 is 11.9 Å². The van der Waals surface area contributed by atoms with Crippen molar-refractivity contribution >= 4 is 34.5 Å². The number of thioether (sulfide) groups is 1. The quantitative estimate of drug-likeness (QED) is 0.110. The van der Waals surface area contributed by atoms with E-state index < -0.39 is 41.8 Å². The molecule has 0 aliphatic carbocycles. The molecule has 0 bridgehead atoms. The summed E-state index contributed by atoms with van der Waals surface area (Å²) in [5.41, 5.74) is 2.06. The number of hydrogen-bond donors (Lipinski definition) is 0. The van der Waals surface area contributed by atoms with Crippen molar-refractivity contribution in [3.05, 3.63) is 186 Å². The molecule has 0 saturated carbocycles. The molecule has 52 heavy (non-hydrogen) atoms. The molecule has 0 radical (unpaired) electrons. The van der Waals surface area contributed by atoms with Gasteiger partial charge in [0.2, 0.25) is 0 Å². The second-order valence-corrected chi connectivity index (χ2v) is 13.6. The summed E-state index contributed by atoms with van der Waals surface area (Å²) in [5.74, 6) is -1.07. The van der Waals surface area contributed by atoms with Gasteiger partial charge in [-0.05, 0) is 64.4 Å². The van der Waals surface area contributed by atoms with Crippen LogP contribution in [0.15, 0.2) is 169 Å². The smallest absolute Gasteiger partial charge is 0.338 e. The van der Waals surface area contributed by atoms with E-state index in [-0.39, 0.29) is 19.8 Å². The molecule has 0 amide bonds. The number of ether oxygens (including phenoxy) is 5. The summed E-state index contributed by atoms with van der Waals surface area (Å²) in [7, 11) is 0. The number of esters is 2. The van der Waals surface area contributed by atoms with Crippen LogP contribution in [-0.2, 0) is 36.9 Å². The van der Waals surface area contributed by atoms with Gasteiger partial charge in [0, 0.05) is 4.90 Å². The first-order valence-electron chi connectivity index (χ1n) is 17.2. The highest BCUT2D eigenvalue weighted by molar-refractivity contribution is 7.99. The van der Waals surface area contributed by atoms with Crippen molar-refractivity contribution in [3.63, 3.8) is 0 Å². The molecule has 262 valence electrons. The molecule has 1 saturated heterocycles. The fraction of sp³-hybridized carbons (Fsp3) is 0.182. The van der Waals surface area contributed by atoms with Crippen LogP contribution in [0.4, 0.5) is 0 Å². The highest BCUT2D eigenvalue weighted by Crippen LogP contribution is 2.38. The Morgan fingerprint density at radius 1 is 0.538 bits per heavy atom. The van der Waals surface area contributed by atoms with Gasteiger partial charge in [-0.15, -0.1) is 0 Å². The number of carbonyl (C=O) groups is 2. The third-order valence-electron chi connectivity index (χ3n) is 8.77. The summed E-state index contributed by atoms with van der Waals surface area (Å²) in [4.78, 5) is 27.9. The molecule has 0 aromatic heterocycles. The van der Waals surface area contributed by atoms with Crippen LogP contribution < -0.4 is 0 Å². The molecule has 0 N–H and O–H groups in total. The van der Waals surface area contributed by atoms with Crippen LogP contribution in [-0.4, -0.2) is 48.4 Å². The number of rotatable bonds is 13.